The van der Waals surface area contributed by atoms with Crippen molar-refractivity contribution in [2.75, 3.05) is 39.3 Å². The zero-order valence-electron chi connectivity index (χ0n) is 15.4. The Bertz CT molecular complexity index is 878. The number of hydrogen-bond donors (Lipinski definition) is 0. The number of rotatable bonds is 7. The monoisotopic (exact) mass is 445 g/mol. The van der Waals surface area contributed by atoms with E-state index in [0.717, 1.165) is 28.6 Å². The van der Waals surface area contributed by atoms with Crippen molar-refractivity contribution in [2.24, 2.45) is 0 Å². The summed E-state index contributed by atoms with van der Waals surface area (Å²) in [5.41, 5.74) is 0. The Morgan fingerprint density at radius 2 is 1.54 bits per heavy atom. The van der Waals surface area contributed by atoms with Crippen molar-refractivity contribution in [1.29, 1.82) is 0 Å². The van der Waals surface area contributed by atoms with Crippen molar-refractivity contribution in [3.05, 3.63) is 24.3 Å². The van der Waals surface area contributed by atoms with Crippen LogP contribution in [-0.4, -0.2) is 75.4 Å². The first kappa shape index (κ1) is 22.9. The third-order valence-electron chi connectivity index (χ3n) is 4.23. The van der Waals surface area contributed by atoms with Crippen LogP contribution in [0.1, 0.15) is 13.8 Å². The Balaban J connectivity index is 2.14. The van der Waals surface area contributed by atoms with Gasteiger partial charge in [0.25, 0.3) is 10.2 Å². The SMILES string of the molecule is CCN(CC)S(=O)(=O)N1CCN(S(=O)(=O)c2cccc(OC(F)(F)F)c2)CC1. The van der Waals surface area contributed by atoms with Gasteiger partial charge in [-0.3, -0.25) is 0 Å². The molecule has 8 nitrogen and oxygen atoms in total. The quantitative estimate of drug-likeness (QED) is 0.635. The van der Waals surface area contributed by atoms with Crippen molar-refractivity contribution in [1.82, 2.24) is 12.9 Å². The van der Waals surface area contributed by atoms with Crippen LogP contribution in [0.15, 0.2) is 29.2 Å². The van der Waals surface area contributed by atoms with Crippen molar-refractivity contribution in [3.8, 4) is 5.75 Å². The van der Waals surface area contributed by atoms with Crippen LogP contribution < -0.4 is 4.74 Å². The molecule has 1 aromatic carbocycles. The smallest absolute Gasteiger partial charge is 0.406 e. The molecule has 0 saturated carbocycles. The highest BCUT2D eigenvalue weighted by Crippen LogP contribution is 2.27. The predicted octanol–water partition coefficient (Wildman–Crippen LogP) is 1.48. The first-order chi connectivity index (χ1) is 12.9. The lowest BCUT2D eigenvalue weighted by atomic mass is 10.3. The van der Waals surface area contributed by atoms with Gasteiger partial charge in [0, 0.05) is 45.3 Å². The average molecular weight is 445 g/mol. The van der Waals surface area contributed by atoms with E-state index < -0.39 is 32.3 Å². The van der Waals surface area contributed by atoms with Gasteiger partial charge < -0.3 is 4.74 Å². The average Bonchev–Trinajstić information content (AvgIpc) is 2.61. The van der Waals surface area contributed by atoms with E-state index in [2.05, 4.69) is 4.74 Å². The van der Waals surface area contributed by atoms with E-state index in [-0.39, 0.29) is 31.1 Å². The Morgan fingerprint density at radius 1 is 1.00 bits per heavy atom. The van der Waals surface area contributed by atoms with Crippen LogP contribution in [-0.2, 0) is 20.2 Å². The number of piperazine rings is 1. The molecule has 0 spiro atoms. The van der Waals surface area contributed by atoms with Gasteiger partial charge in [0.1, 0.15) is 5.75 Å². The molecular formula is C15H22F3N3O5S2. The summed E-state index contributed by atoms with van der Waals surface area (Å²) in [4.78, 5) is -0.352. The van der Waals surface area contributed by atoms with Gasteiger partial charge in [-0.15, -0.1) is 13.2 Å². The third-order valence-corrected chi connectivity index (χ3v) is 8.31. The highest BCUT2D eigenvalue weighted by molar-refractivity contribution is 7.89. The Labute approximate surface area is 162 Å². The molecule has 1 aliphatic heterocycles. The Hall–Kier alpha value is -1.41. The fourth-order valence-corrected chi connectivity index (χ4v) is 5.90. The van der Waals surface area contributed by atoms with Crippen LogP contribution in [0.5, 0.6) is 5.75 Å². The summed E-state index contributed by atoms with van der Waals surface area (Å²) in [6.45, 7) is 3.70. The highest BCUT2D eigenvalue weighted by atomic mass is 32.2. The number of alkyl halides is 3. The normalized spacial score (nSPS) is 17.8. The molecule has 1 aromatic rings. The molecule has 0 aromatic heterocycles. The van der Waals surface area contributed by atoms with E-state index >= 15 is 0 Å². The Kier molecular flexibility index (Phi) is 6.97. The minimum atomic E-state index is -4.94. The first-order valence-corrected chi connectivity index (χ1v) is 11.4. The lowest BCUT2D eigenvalue weighted by molar-refractivity contribution is -0.274. The van der Waals surface area contributed by atoms with Crippen molar-refractivity contribution in [3.63, 3.8) is 0 Å². The van der Waals surface area contributed by atoms with Crippen LogP contribution in [0.25, 0.3) is 0 Å². The van der Waals surface area contributed by atoms with Crippen molar-refractivity contribution in [2.45, 2.75) is 25.1 Å². The maximum Gasteiger partial charge on any atom is 0.573 e. The van der Waals surface area contributed by atoms with Gasteiger partial charge >= 0.3 is 6.36 Å². The fourth-order valence-electron chi connectivity index (χ4n) is 2.83. The largest absolute Gasteiger partial charge is 0.573 e. The molecule has 1 aliphatic rings. The standard InChI is InChI=1S/C15H22F3N3O5S2/c1-3-19(4-2)28(24,25)21-10-8-20(9-11-21)27(22,23)14-7-5-6-13(12-14)26-15(16,17)18/h5-7,12H,3-4,8-11H2,1-2H3. The number of nitrogens with zero attached hydrogens (tertiary/aromatic N) is 3. The number of benzene rings is 1. The molecule has 0 aliphatic carbocycles. The minimum Gasteiger partial charge on any atom is -0.406 e. The zero-order chi connectivity index (χ0) is 21.2. The van der Waals surface area contributed by atoms with E-state index in [9.17, 15) is 30.0 Å². The molecule has 1 heterocycles. The summed E-state index contributed by atoms with van der Waals surface area (Å²) in [5.74, 6) is -0.642. The number of hydrogen-bond acceptors (Lipinski definition) is 5. The molecule has 0 radical (unpaired) electrons. The van der Waals surface area contributed by atoms with Gasteiger partial charge in [0.15, 0.2) is 0 Å². The van der Waals surface area contributed by atoms with Gasteiger partial charge in [0.05, 0.1) is 4.90 Å². The molecule has 28 heavy (non-hydrogen) atoms. The summed E-state index contributed by atoms with van der Waals surface area (Å²) in [6.07, 6.45) is -4.94. The van der Waals surface area contributed by atoms with Crippen LogP contribution >= 0.6 is 0 Å². The summed E-state index contributed by atoms with van der Waals surface area (Å²) < 4.78 is 94.8. The molecule has 0 amide bonds. The molecule has 1 fully saturated rings. The van der Waals surface area contributed by atoms with Crippen LogP contribution in [0.4, 0.5) is 13.2 Å². The van der Waals surface area contributed by atoms with Crippen LogP contribution in [0, 0.1) is 0 Å². The van der Waals surface area contributed by atoms with Gasteiger partial charge in [-0.2, -0.15) is 21.3 Å². The summed E-state index contributed by atoms with van der Waals surface area (Å²) in [5, 5.41) is 0. The molecule has 2 rings (SSSR count). The molecule has 160 valence electrons. The molecule has 0 bridgehead atoms. The van der Waals surface area contributed by atoms with E-state index in [1.54, 1.807) is 13.8 Å². The van der Waals surface area contributed by atoms with E-state index in [4.69, 9.17) is 0 Å². The van der Waals surface area contributed by atoms with Gasteiger partial charge in [-0.25, -0.2) is 8.42 Å². The second kappa shape index (κ2) is 8.53. The fraction of sp³-hybridized carbons (Fsp3) is 0.600. The summed E-state index contributed by atoms with van der Waals surface area (Å²) in [7, 11) is -7.77. The topological polar surface area (TPSA) is 87.2 Å². The molecule has 0 atom stereocenters. The predicted molar refractivity (Wildman–Crippen MR) is 95.3 cm³/mol. The van der Waals surface area contributed by atoms with Gasteiger partial charge in [0.2, 0.25) is 10.0 Å². The molecule has 1 saturated heterocycles. The van der Waals surface area contributed by atoms with E-state index in [1.165, 1.54) is 8.61 Å². The summed E-state index contributed by atoms with van der Waals surface area (Å²) >= 11 is 0. The first-order valence-electron chi connectivity index (χ1n) is 8.53. The highest BCUT2D eigenvalue weighted by Gasteiger charge is 2.36. The van der Waals surface area contributed by atoms with Crippen LogP contribution in [0.2, 0.25) is 0 Å². The maximum atomic E-state index is 12.7. The van der Waals surface area contributed by atoms with E-state index in [0.29, 0.717) is 13.1 Å². The van der Waals surface area contributed by atoms with Gasteiger partial charge in [-0.05, 0) is 12.1 Å². The molecule has 0 unspecified atom stereocenters. The molecule has 0 N–H and O–H groups in total. The third kappa shape index (κ3) is 5.14. The number of ether oxygens (including phenoxy) is 1. The molecular weight excluding hydrogens is 423 g/mol. The lowest BCUT2D eigenvalue weighted by Gasteiger charge is -2.35. The Morgan fingerprint density at radius 3 is 2.04 bits per heavy atom. The van der Waals surface area contributed by atoms with Crippen LogP contribution in [0.3, 0.4) is 0 Å². The maximum absolute atomic E-state index is 12.7. The van der Waals surface area contributed by atoms with Gasteiger partial charge in [-0.1, -0.05) is 19.9 Å². The molecule has 13 heteroatoms. The van der Waals surface area contributed by atoms with Crippen molar-refractivity contribution >= 4 is 20.2 Å². The number of sulfonamides is 1. The minimum absolute atomic E-state index is 0.0448. The summed E-state index contributed by atoms with van der Waals surface area (Å²) in [6, 6.07) is 4.11. The van der Waals surface area contributed by atoms with E-state index in [1.807, 2.05) is 0 Å². The second-order valence-corrected chi connectivity index (χ2v) is 9.78. The number of halogens is 3. The lowest BCUT2D eigenvalue weighted by Crippen LogP contribution is -2.54. The second-order valence-electron chi connectivity index (χ2n) is 5.92. The zero-order valence-corrected chi connectivity index (χ0v) is 17.0. The van der Waals surface area contributed by atoms with Crippen molar-refractivity contribution < 1.29 is 34.7 Å².